The van der Waals surface area contributed by atoms with E-state index < -0.39 is 0 Å². The lowest BCUT2D eigenvalue weighted by molar-refractivity contribution is 0.533. The van der Waals surface area contributed by atoms with Crippen molar-refractivity contribution in [1.29, 1.82) is 0 Å². The minimum Gasteiger partial charge on any atom is -0.440 e. The molecule has 2 fully saturated rings. The maximum atomic E-state index is 5.79. The summed E-state index contributed by atoms with van der Waals surface area (Å²) in [6.07, 6.45) is 6.58. The van der Waals surface area contributed by atoms with Gasteiger partial charge in [-0.05, 0) is 50.3 Å². The van der Waals surface area contributed by atoms with Gasteiger partial charge in [0.1, 0.15) is 5.52 Å². The molecule has 0 aliphatic heterocycles. The van der Waals surface area contributed by atoms with Crippen molar-refractivity contribution in [2.24, 2.45) is 5.92 Å². The van der Waals surface area contributed by atoms with Crippen LogP contribution in [0, 0.1) is 5.92 Å². The normalized spacial score (nSPS) is 20.7. The second-order valence-electron chi connectivity index (χ2n) is 6.23. The molecule has 0 radical (unpaired) electrons. The molecule has 4 rings (SSSR count). The van der Waals surface area contributed by atoms with Crippen molar-refractivity contribution < 1.29 is 4.42 Å². The molecule has 19 heavy (non-hydrogen) atoms. The summed E-state index contributed by atoms with van der Waals surface area (Å²) in [6.45, 7) is 2.26. The summed E-state index contributed by atoms with van der Waals surface area (Å²) in [5, 5.41) is 3.58. The van der Waals surface area contributed by atoms with E-state index in [0.717, 1.165) is 28.6 Å². The minimum atomic E-state index is 0.541. The van der Waals surface area contributed by atoms with E-state index in [1.807, 2.05) is 6.07 Å². The first-order chi connectivity index (χ1) is 9.28. The number of rotatable bonds is 5. The summed E-state index contributed by atoms with van der Waals surface area (Å²) in [5.41, 5.74) is 3.07. The maximum Gasteiger partial charge on any atom is 0.198 e. The van der Waals surface area contributed by atoms with Gasteiger partial charge in [-0.15, -0.1) is 0 Å². The van der Waals surface area contributed by atoms with Gasteiger partial charge >= 0.3 is 0 Å². The molecule has 0 spiro atoms. The van der Waals surface area contributed by atoms with Crippen molar-refractivity contribution in [3.05, 3.63) is 24.1 Å². The number of hydrogen-bond acceptors (Lipinski definition) is 3. The molecule has 2 aliphatic carbocycles. The lowest BCUT2D eigenvalue weighted by atomic mass is 10.1. The average molecular weight is 256 g/mol. The first-order valence-electron chi connectivity index (χ1n) is 7.45. The van der Waals surface area contributed by atoms with Crippen LogP contribution < -0.4 is 5.32 Å². The van der Waals surface area contributed by atoms with Crippen LogP contribution in [0.25, 0.3) is 11.1 Å². The number of fused-ring (bicyclic) bond motifs is 1. The highest BCUT2D eigenvalue weighted by Gasteiger charge is 2.29. The van der Waals surface area contributed by atoms with Crippen LogP contribution in [0.15, 0.2) is 22.6 Å². The third-order valence-electron chi connectivity index (χ3n) is 4.13. The van der Waals surface area contributed by atoms with Crippen LogP contribution >= 0.6 is 0 Å². The van der Waals surface area contributed by atoms with Crippen molar-refractivity contribution in [3.8, 4) is 0 Å². The minimum absolute atomic E-state index is 0.541. The highest BCUT2D eigenvalue weighted by Crippen LogP contribution is 2.40. The Hall–Kier alpha value is -1.51. The lowest BCUT2D eigenvalue weighted by Gasteiger charge is -2.14. The Bertz CT molecular complexity index is 596. The number of aromatic nitrogens is 1. The van der Waals surface area contributed by atoms with E-state index in [0.29, 0.717) is 12.0 Å². The summed E-state index contributed by atoms with van der Waals surface area (Å²) in [6, 6.07) is 6.81. The van der Waals surface area contributed by atoms with Gasteiger partial charge in [0.25, 0.3) is 0 Å². The van der Waals surface area contributed by atoms with E-state index >= 15 is 0 Å². The average Bonchev–Trinajstić information content (AvgIpc) is 3.28. The molecule has 1 heterocycles. The van der Waals surface area contributed by atoms with Crippen LogP contribution in [0.2, 0.25) is 0 Å². The second-order valence-corrected chi connectivity index (χ2v) is 6.23. The van der Waals surface area contributed by atoms with Gasteiger partial charge < -0.3 is 9.73 Å². The monoisotopic (exact) mass is 256 g/mol. The Morgan fingerprint density at radius 2 is 2.16 bits per heavy atom. The largest absolute Gasteiger partial charge is 0.440 e. The molecule has 2 aromatic rings. The molecular weight excluding hydrogens is 236 g/mol. The molecule has 1 aromatic carbocycles. The Kier molecular flexibility index (Phi) is 2.54. The number of anilines is 1. The number of nitrogens with zero attached hydrogens (tertiary/aromatic N) is 1. The highest BCUT2D eigenvalue weighted by molar-refractivity contribution is 5.77. The van der Waals surface area contributed by atoms with E-state index in [2.05, 4.69) is 29.4 Å². The van der Waals surface area contributed by atoms with Gasteiger partial charge in [0.05, 0.1) is 0 Å². The fourth-order valence-corrected chi connectivity index (χ4v) is 2.74. The summed E-state index contributed by atoms with van der Waals surface area (Å²) in [5.74, 6) is 2.47. The second kappa shape index (κ2) is 4.26. The molecule has 3 heteroatoms. The fourth-order valence-electron chi connectivity index (χ4n) is 2.74. The van der Waals surface area contributed by atoms with Gasteiger partial charge in [0, 0.05) is 17.6 Å². The number of hydrogen-bond donors (Lipinski definition) is 1. The van der Waals surface area contributed by atoms with Crippen LogP contribution in [0.4, 0.5) is 5.69 Å². The van der Waals surface area contributed by atoms with Gasteiger partial charge in [-0.2, -0.15) is 0 Å². The predicted octanol–water partition coefficient (Wildman–Crippen LogP) is 4.31. The lowest BCUT2D eigenvalue weighted by Crippen LogP contribution is -2.15. The van der Waals surface area contributed by atoms with E-state index in [-0.39, 0.29) is 0 Å². The van der Waals surface area contributed by atoms with Gasteiger partial charge in [0.15, 0.2) is 11.5 Å². The zero-order chi connectivity index (χ0) is 12.8. The fraction of sp³-hybridized carbons (Fsp3) is 0.562. The quantitative estimate of drug-likeness (QED) is 0.866. The summed E-state index contributed by atoms with van der Waals surface area (Å²) < 4.78 is 5.79. The molecule has 0 amide bonds. The van der Waals surface area contributed by atoms with Crippen LogP contribution in [0.5, 0.6) is 0 Å². The Morgan fingerprint density at radius 1 is 1.32 bits per heavy atom. The predicted molar refractivity (Wildman–Crippen MR) is 76.4 cm³/mol. The van der Waals surface area contributed by atoms with E-state index in [4.69, 9.17) is 4.42 Å². The Labute approximate surface area is 113 Å². The van der Waals surface area contributed by atoms with Gasteiger partial charge in [-0.3, -0.25) is 0 Å². The van der Waals surface area contributed by atoms with Crippen LogP contribution in [-0.4, -0.2) is 11.0 Å². The highest BCUT2D eigenvalue weighted by atomic mass is 16.3. The van der Waals surface area contributed by atoms with Gasteiger partial charge in [0.2, 0.25) is 0 Å². The summed E-state index contributed by atoms with van der Waals surface area (Å²) in [7, 11) is 0. The maximum absolute atomic E-state index is 5.79. The van der Waals surface area contributed by atoms with E-state index in [1.165, 1.54) is 32.1 Å². The SMILES string of the molecule is CC(CC1CC1)Nc1ccc2oc(C3CC3)nc2c1. The zero-order valence-corrected chi connectivity index (χ0v) is 11.4. The molecule has 0 bridgehead atoms. The smallest absolute Gasteiger partial charge is 0.198 e. The molecule has 3 nitrogen and oxygen atoms in total. The first-order valence-corrected chi connectivity index (χ1v) is 7.45. The Balaban J connectivity index is 1.52. The molecule has 1 aromatic heterocycles. The molecule has 1 atom stereocenters. The molecule has 1 unspecified atom stereocenters. The molecular formula is C16H20N2O. The first kappa shape index (κ1) is 11.3. The third-order valence-corrected chi connectivity index (χ3v) is 4.13. The van der Waals surface area contributed by atoms with Crippen LogP contribution in [-0.2, 0) is 0 Å². The zero-order valence-electron chi connectivity index (χ0n) is 11.4. The summed E-state index contributed by atoms with van der Waals surface area (Å²) in [4.78, 5) is 4.61. The van der Waals surface area contributed by atoms with Crippen molar-refractivity contribution in [1.82, 2.24) is 4.98 Å². The standard InChI is InChI=1S/C16H20N2O/c1-10(8-11-2-3-11)17-13-6-7-15-14(9-13)18-16(19-15)12-4-5-12/h6-7,9-12,17H,2-5,8H2,1H3. The molecule has 100 valence electrons. The third kappa shape index (κ3) is 2.46. The van der Waals surface area contributed by atoms with E-state index in [9.17, 15) is 0 Å². The molecule has 1 N–H and O–H groups in total. The van der Waals surface area contributed by atoms with Crippen molar-refractivity contribution in [2.75, 3.05) is 5.32 Å². The van der Waals surface area contributed by atoms with Crippen LogP contribution in [0.1, 0.15) is 50.8 Å². The molecule has 2 saturated carbocycles. The topological polar surface area (TPSA) is 38.1 Å². The number of benzene rings is 1. The summed E-state index contributed by atoms with van der Waals surface area (Å²) >= 11 is 0. The van der Waals surface area contributed by atoms with Gasteiger partial charge in [-0.1, -0.05) is 12.8 Å². The number of nitrogens with one attached hydrogen (secondary N) is 1. The Morgan fingerprint density at radius 3 is 2.89 bits per heavy atom. The van der Waals surface area contributed by atoms with E-state index in [1.54, 1.807) is 0 Å². The molecule has 0 saturated heterocycles. The van der Waals surface area contributed by atoms with Crippen molar-refractivity contribution in [2.45, 2.75) is 51.0 Å². The van der Waals surface area contributed by atoms with Crippen molar-refractivity contribution >= 4 is 16.8 Å². The van der Waals surface area contributed by atoms with Crippen molar-refractivity contribution in [3.63, 3.8) is 0 Å². The number of oxazole rings is 1. The van der Waals surface area contributed by atoms with Gasteiger partial charge in [-0.25, -0.2) is 4.98 Å². The van der Waals surface area contributed by atoms with Crippen LogP contribution in [0.3, 0.4) is 0 Å². The molecule has 2 aliphatic rings.